The zero-order chi connectivity index (χ0) is 9.52. The molecule has 0 saturated carbocycles. The van der Waals surface area contributed by atoms with Gasteiger partial charge >= 0.3 is 5.97 Å². The van der Waals surface area contributed by atoms with Gasteiger partial charge in [0.2, 0.25) is 0 Å². The number of nitrogens with one attached hydrogen (secondary N) is 1. The lowest BCUT2D eigenvalue weighted by Gasteiger charge is -2.23. The van der Waals surface area contributed by atoms with Gasteiger partial charge < -0.3 is 15.2 Å². The lowest BCUT2D eigenvalue weighted by molar-refractivity contribution is -0.137. The Morgan fingerprint density at radius 3 is 2.86 bits per heavy atom. The molecule has 14 heavy (non-hydrogen) atoms. The Labute approximate surface area is 90.4 Å². The highest BCUT2D eigenvalue weighted by molar-refractivity contribution is 5.85. The normalized spacial score (nSPS) is 21.3. The average molecular weight is 224 g/mol. The summed E-state index contributed by atoms with van der Waals surface area (Å²) in [6, 6.07) is 0. The minimum atomic E-state index is -0.706. The van der Waals surface area contributed by atoms with E-state index in [1.54, 1.807) is 0 Å². The molecule has 1 saturated heterocycles. The number of ether oxygens (including phenoxy) is 1. The van der Waals surface area contributed by atoms with Crippen LogP contribution in [-0.4, -0.2) is 36.9 Å². The lowest BCUT2D eigenvalue weighted by atomic mass is 10.1. The van der Waals surface area contributed by atoms with E-state index in [2.05, 4.69) is 5.32 Å². The predicted octanol–water partition coefficient (Wildman–Crippen LogP) is 1.04. The quantitative estimate of drug-likeness (QED) is 0.684. The molecule has 1 heterocycles. The van der Waals surface area contributed by atoms with Crippen LogP contribution in [0.5, 0.6) is 0 Å². The number of rotatable bonds is 5. The highest BCUT2D eigenvalue weighted by Gasteiger charge is 2.12. The number of morpholine rings is 1. The molecule has 0 aromatic heterocycles. The maximum absolute atomic E-state index is 10.2. The van der Waals surface area contributed by atoms with Gasteiger partial charge in [-0.15, -0.1) is 12.4 Å². The Bertz CT molecular complexity index is 160. The molecule has 1 aliphatic heterocycles. The van der Waals surface area contributed by atoms with Crippen molar-refractivity contribution < 1.29 is 14.6 Å². The molecule has 0 amide bonds. The number of carbonyl (C=O) groups is 1. The topological polar surface area (TPSA) is 58.6 Å². The summed E-state index contributed by atoms with van der Waals surface area (Å²) >= 11 is 0. The van der Waals surface area contributed by atoms with Crippen molar-refractivity contribution in [3.63, 3.8) is 0 Å². The first-order valence-corrected chi connectivity index (χ1v) is 4.83. The maximum atomic E-state index is 10.2. The molecule has 0 radical (unpaired) electrons. The van der Waals surface area contributed by atoms with Crippen molar-refractivity contribution in [1.29, 1.82) is 0 Å². The molecule has 1 rings (SSSR count). The molecular formula is C9H18ClNO3. The molecule has 0 aromatic rings. The minimum absolute atomic E-state index is 0. The van der Waals surface area contributed by atoms with Crippen LogP contribution in [-0.2, 0) is 9.53 Å². The van der Waals surface area contributed by atoms with Crippen LogP contribution in [0.15, 0.2) is 0 Å². The largest absolute Gasteiger partial charge is 0.481 e. The lowest BCUT2D eigenvalue weighted by Crippen LogP contribution is -2.38. The molecule has 1 aliphatic rings. The molecule has 1 unspecified atom stereocenters. The van der Waals surface area contributed by atoms with E-state index in [0.717, 1.165) is 39.0 Å². The standard InChI is InChI=1S/C9H17NO3.ClH/c11-9(12)4-2-1-3-8-7-10-5-6-13-8;/h8,10H,1-7H2,(H,11,12);1H. The zero-order valence-electron chi connectivity index (χ0n) is 8.20. The van der Waals surface area contributed by atoms with Crippen LogP contribution in [0.25, 0.3) is 0 Å². The third-order valence-electron chi connectivity index (χ3n) is 2.17. The van der Waals surface area contributed by atoms with Crippen molar-refractivity contribution in [2.75, 3.05) is 19.7 Å². The molecule has 5 heteroatoms. The maximum Gasteiger partial charge on any atom is 0.303 e. The van der Waals surface area contributed by atoms with E-state index in [0.29, 0.717) is 6.10 Å². The smallest absolute Gasteiger partial charge is 0.303 e. The van der Waals surface area contributed by atoms with E-state index in [-0.39, 0.29) is 18.8 Å². The van der Waals surface area contributed by atoms with Gasteiger partial charge in [-0.05, 0) is 12.8 Å². The number of carboxylic acids is 1. The fourth-order valence-corrected chi connectivity index (χ4v) is 1.45. The molecule has 0 aromatic carbocycles. The van der Waals surface area contributed by atoms with Crippen molar-refractivity contribution in [3.8, 4) is 0 Å². The zero-order valence-corrected chi connectivity index (χ0v) is 9.02. The first-order chi connectivity index (χ1) is 6.29. The predicted molar refractivity (Wildman–Crippen MR) is 56.0 cm³/mol. The minimum Gasteiger partial charge on any atom is -0.481 e. The fraction of sp³-hybridized carbons (Fsp3) is 0.889. The van der Waals surface area contributed by atoms with Crippen molar-refractivity contribution in [3.05, 3.63) is 0 Å². The number of halogens is 1. The first kappa shape index (κ1) is 13.7. The van der Waals surface area contributed by atoms with Crippen molar-refractivity contribution in [2.24, 2.45) is 0 Å². The molecule has 1 fully saturated rings. The third kappa shape index (κ3) is 6.18. The second kappa shape index (κ2) is 8.03. The molecule has 0 aliphatic carbocycles. The van der Waals surface area contributed by atoms with Gasteiger partial charge in [-0.2, -0.15) is 0 Å². The second-order valence-corrected chi connectivity index (χ2v) is 3.34. The average Bonchev–Trinajstić information content (AvgIpc) is 2.14. The first-order valence-electron chi connectivity index (χ1n) is 4.83. The van der Waals surface area contributed by atoms with Crippen LogP contribution in [0.3, 0.4) is 0 Å². The van der Waals surface area contributed by atoms with Crippen LogP contribution >= 0.6 is 12.4 Å². The van der Waals surface area contributed by atoms with E-state index in [1.807, 2.05) is 0 Å². The summed E-state index contributed by atoms with van der Waals surface area (Å²) in [5.74, 6) is -0.706. The van der Waals surface area contributed by atoms with Crippen molar-refractivity contribution in [2.45, 2.75) is 31.8 Å². The molecule has 84 valence electrons. The fourth-order valence-electron chi connectivity index (χ4n) is 1.45. The number of unbranched alkanes of at least 4 members (excludes halogenated alkanes) is 1. The SMILES string of the molecule is Cl.O=C(O)CCCCC1CNCCO1. The highest BCUT2D eigenvalue weighted by Crippen LogP contribution is 2.08. The van der Waals surface area contributed by atoms with Gasteiger partial charge in [0.15, 0.2) is 0 Å². The van der Waals surface area contributed by atoms with Gasteiger partial charge in [0.05, 0.1) is 12.7 Å². The molecule has 2 N–H and O–H groups in total. The van der Waals surface area contributed by atoms with Gasteiger partial charge in [0.25, 0.3) is 0 Å². The molecule has 4 nitrogen and oxygen atoms in total. The Morgan fingerprint density at radius 2 is 2.29 bits per heavy atom. The summed E-state index contributed by atoms with van der Waals surface area (Å²) in [5, 5.41) is 11.7. The summed E-state index contributed by atoms with van der Waals surface area (Å²) < 4.78 is 5.48. The number of hydrogen-bond acceptors (Lipinski definition) is 3. The van der Waals surface area contributed by atoms with Crippen LogP contribution in [0.1, 0.15) is 25.7 Å². The Hall–Kier alpha value is -0.320. The number of aliphatic carboxylic acids is 1. The van der Waals surface area contributed by atoms with Gasteiger partial charge in [-0.25, -0.2) is 0 Å². The van der Waals surface area contributed by atoms with Crippen LogP contribution < -0.4 is 5.32 Å². The summed E-state index contributed by atoms with van der Waals surface area (Å²) in [7, 11) is 0. The number of carboxylic acid groups (broad SMARTS) is 1. The number of hydrogen-bond donors (Lipinski definition) is 2. The summed E-state index contributed by atoms with van der Waals surface area (Å²) in [6.07, 6.45) is 3.25. The molecule has 0 bridgehead atoms. The van der Waals surface area contributed by atoms with E-state index < -0.39 is 5.97 Å². The monoisotopic (exact) mass is 223 g/mol. The molecule has 0 spiro atoms. The van der Waals surface area contributed by atoms with E-state index >= 15 is 0 Å². The van der Waals surface area contributed by atoms with Crippen LogP contribution in [0, 0.1) is 0 Å². The Balaban J connectivity index is 0.00000169. The van der Waals surface area contributed by atoms with Crippen molar-refractivity contribution in [1.82, 2.24) is 5.32 Å². The second-order valence-electron chi connectivity index (χ2n) is 3.34. The summed E-state index contributed by atoms with van der Waals surface area (Å²) in [5.41, 5.74) is 0. The van der Waals surface area contributed by atoms with Crippen LogP contribution in [0.4, 0.5) is 0 Å². The van der Waals surface area contributed by atoms with E-state index in [4.69, 9.17) is 9.84 Å². The van der Waals surface area contributed by atoms with E-state index in [9.17, 15) is 4.79 Å². The third-order valence-corrected chi connectivity index (χ3v) is 2.17. The van der Waals surface area contributed by atoms with Crippen molar-refractivity contribution >= 4 is 18.4 Å². The van der Waals surface area contributed by atoms with E-state index in [1.165, 1.54) is 0 Å². The Morgan fingerprint density at radius 1 is 1.50 bits per heavy atom. The van der Waals surface area contributed by atoms with Gasteiger partial charge in [-0.3, -0.25) is 4.79 Å². The highest BCUT2D eigenvalue weighted by atomic mass is 35.5. The Kier molecular flexibility index (Phi) is 7.84. The summed E-state index contributed by atoms with van der Waals surface area (Å²) in [4.78, 5) is 10.2. The molecule has 1 atom stereocenters. The van der Waals surface area contributed by atoms with Crippen LogP contribution in [0.2, 0.25) is 0 Å². The van der Waals surface area contributed by atoms with Gasteiger partial charge in [-0.1, -0.05) is 6.42 Å². The molecular weight excluding hydrogens is 206 g/mol. The van der Waals surface area contributed by atoms with Gasteiger partial charge in [0.1, 0.15) is 0 Å². The summed E-state index contributed by atoms with van der Waals surface area (Å²) in [6.45, 7) is 2.63. The van der Waals surface area contributed by atoms with Gasteiger partial charge in [0, 0.05) is 19.5 Å².